The van der Waals surface area contributed by atoms with Crippen molar-refractivity contribution in [1.82, 2.24) is 4.90 Å². The van der Waals surface area contributed by atoms with Crippen LogP contribution in [0.2, 0.25) is 0 Å². The highest BCUT2D eigenvalue weighted by atomic mass is 31.2. The Hall–Kier alpha value is -2.57. The van der Waals surface area contributed by atoms with Crippen molar-refractivity contribution in [3.05, 3.63) is 0 Å². The summed E-state index contributed by atoms with van der Waals surface area (Å²) in [6, 6.07) is 0. The topological polar surface area (TPSA) is 175 Å². The number of ether oxygens (including phenoxy) is 5. The summed E-state index contributed by atoms with van der Waals surface area (Å²) in [5, 5.41) is 0. The fraction of sp³-hybridized carbons (Fsp3) is 0.810. The normalized spacial score (nSPS) is 11.5. The molecule has 0 aliphatic rings. The van der Waals surface area contributed by atoms with Gasteiger partial charge in [0, 0.05) is 7.05 Å². The van der Waals surface area contributed by atoms with Crippen LogP contribution in [0.4, 0.5) is 9.59 Å². The molecule has 210 valence electrons. The molecule has 0 saturated heterocycles. The summed E-state index contributed by atoms with van der Waals surface area (Å²) in [5.41, 5.74) is 5.85. The fourth-order valence-corrected chi connectivity index (χ4v) is 3.28. The Balaban J connectivity index is 4.93. The molecule has 0 aliphatic heterocycles. The van der Waals surface area contributed by atoms with Crippen molar-refractivity contribution in [3.63, 3.8) is 0 Å². The maximum atomic E-state index is 13.1. The second kappa shape index (κ2) is 20.6. The molecule has 0 fully saturated rings. The number of guanidine groups is 1. The van der Waals surface area contributed by atoms with Crippen LogP contribution in [0.3, 0.4) is 0 Å². The molecule has 0 unspecified atom stereocenters. The first kappa shape index (κ1) is 33.4. The number of hydrogen-bond acceptors (Lipinski definition) is 11. The number of nitrogens with zero attached hydrogens (tertiary/aromatic N) is 2. The third kappa shape index (κ3) is 17.8. The average Bonchev–Trinajstić information content (AvgIpc) is 2.83. The van der Waals surface area contributed by atoms with Gasteiger partial charge in [0.15, 0.2) is 0 Å². The smallest absolute Gasteiger partial charge is 0.464 e. The minimum atomic E-state index is -4.26. The van der Waals surface area contributed by atoms with E-state index < -0.39 is 26.0 Å². The van der Waals surface area contributed by atoms with Gasteiger partial charge in [-0.2, -0.15) is 0 Å². The van der Waals surface area contributed by atoms with Crippen molar-refractivity contribution in [2.45, 2.75) is 52.9 Å². The molecular weight excluding hydrogens is 501 g/mol. The molecule has 0 bridgehead atoms. The molecular formula is C21H40N3O11P. The highest BCUT2D eigenvalue weighted by molar-refractivity contribution is 7.52. The summed E-state index contributed by atoms with van der Waals surface area (Å²) in [7, 11) is -2.83. The zero-order chi connectivity index (χ0) is 27.2. The van der Waals surface area contributed by atoms with Gasteiger partial charge in [0.1, 0.15) is 19.8 Å². The van der Waals surface area contributed by atoms with Gasteiger partial charge in [-0.3, -0.25) is 13.8 Å². The van der Waals surface area contributed by atoms with Crippen LogP contribution in [0, 0.1) is 0 Å². The molecule has 0 amide bonds. The first-order chi connectivity index (χ1) is 17.2. The van der Waals surface area contributed by atoms with Crippen LogP contribution >= 0.6 is 7.75 Å². The van der Waals surface area contributed by atoms with E-state index in [9.17, 15) is 18.9 Å². The molecule has 0 rings (SSSR count). The van der Waals surface area contributed by atoms with E-state index in [1.54, 1.807) is 0 Å². The second-order valence-electron chi connectivity index (χ2n) is 7.27. The van der Waals surface area contributed by atoms with E-state index in [1.807, 2.05) is 20.8 Å². The lowest BCUT2D eigenvalue weighted by atomic mass is 10.4. The van der Waals surface area contributed by atoms with Crippen molar-refractivity contribution < 1.29 is 51.7 Å². The Morgan fingerprint density at radius 2 is 1.19 bits per heavy atom. The number of hydrogen-bond donors (Lipinski definition) is 1. The van der Waals surface area contributed by atoms with Crippen molar-refractivity contribution in [3.8, 4) is 0 Å². The van der Waals surface area contributed by atoms with Crippen LogP contribution in [0.15, 0.2) is 4.76 Å². The standard InChI is InChI=1S/C21H40N3O11P/c1-5-8-11-30-20(26)32-13-15-34-36(28,35-16-14-33-21(27)31-12-9-6-2)23-19(22)24(4)17-18(25)29-10-7-3/h5-17H2,1-4H3,(H2,22,23,28). The van der Waals surface area contributed by atoms with Gasteiger partial charge in [-0.15, -0.1) is 4.76 Å². The van der Waals surface area contributed by atoms with Crippen LogP contribution in [-0.2, 0) is 42.1 Å². The number of likely N-dealkylation sites (N-methyl/N-ethyl adjacent to an activating group) is 1. The van der Waals surface area contributed by atoms with Crippen molar-refractivity contribution >= 4 is 32.0 Å². The summed E-state index contributed by atoms with van der Waals surface area (Å²) in [4.78, 5) is 36.0. The molecule has 0 aromatic rings. The van der Waals surface area contributed by atoms with Gasteiger partial charge in [-0.25, -0.2) is 14.2 Å². The van der Waals surface area contributed by atoms with Gasteiger partial charge in [0.05, 0.1) is 33.0 Å². The SMILES string of the molecule is CCCCOC(=O)OCCOP(=O)(/N=C(\N)N(C)CC(=O)OCCC)OCCOC(=O)OCCCC. The summed E-state index contributed by atoms with van der Waals surface area (Å²) >= 11 is 0. The van der Waals surface area contributed by atoms with Gasteiger partial charge in [-0.05, 0) is 19.3 Å². The lowest BCUT2D eigenvalue weighted by Crippen LogP contribution is -2.38. The molecule has 0 heterocycles. The minimum Gasteiger partial charge on any atom is -0.464 e. The maximum Gasteiger partial charge on any atom is 0.508 e. The Morgan fingerprint density at radius 1 is 0.722 bits per heavy atom. The number of rotatable bonds is 19. The molecule has 0 aromatic heterocycles. The fourth-order valence-electron chi connectivity index (χ4n) is 2.07. The Labute approximate surface area is 212 Å². The first-order valence-corrected chi connectivity index (χ1v) is 13.4. The van der Waals surface area contributed by atoms with Gasteiger partial charge in [-0.1, -0.05) is 33.6 Å². The Kier molecular flexibility index (Phi) is 19.1. The van der Waals surface area contributed by atoms with E-state index >= 15 is 0 Å². The van der Waals surface area contributed by atoms with E-state index in [-0.39, 0.29) is 58.8 Å². The monoisotopic (exact) mass is 541 g/mol. The summed E-state index contributed by atoms with van der Waals surface area (Å²) < 4.78 is 51.6. The number of unbranched alkanes of at least 4 members (excludes halogenated alkanes) is 2. The lowest BCUT2D eigenvalue weighted by molar-refractivity contribution is -0.143. The summed E-state index contributed by atoms with van der Waals surface area (Å²) in [6.07, 6.45) is 1.94. The zero-order valence-electron chi connectivity index (χ0n) is 21.6. The van der Waals surface area contributed by atoms with Crippen molar-refractivity contribution in [1.29, 1.82) is 0 Å². The van der Waals surface area contributed by atoms with Crippen LogP contribution in [0.25, 0.3) is 0 Å². The predicted molar refractivity (Wildman–Crippen MR) is 129 cm³/mol. The van der Waals surface area contributed by atoms with Gasteiger partial charge >= 0.3 is 26.0 Å². The Bertz CT molecular complexity index is 687. The third-order valence-corrected chi connectivity index (χ3v) is 5.47. The average molecular weight is 542 g/mol. The largest absolute Gasteiger partial charge is 0.508 e. The molecule has 0 saturated carbocycles. The highest BCUT2D eigenvalue weighted by Gasteiger charge is 2.27. The minimum absolute atomic E-state index is 0.215. The molecule has 0 aromatic carbocycles. The van der Waals surface area contributed by atoms with Crippen LogP contribution in [-0.4, -0.2) is 89.0 Å². The van der Waals surface area contributed by atoms with Crippen molar-refractivity contribution in [2.75, 3.05) is 59.8 Å². The zero-order valence-corrected chi connectivity index (χ0v) is 22.5. The van der Waals surface area contributed by atoms with Crippen LogP contribution in [0.5, 0.6) is 0 Å². The van der Waals surface area contributed by atoms with E-state index in [2.05, 4.69) is 4.76 Å². The van der Waals surface area contributed by atoms with E-state index in [0.717, 1.165) is 12.8 Å². The number of carbonyl (C=O) groups is 3. The molecule has 0 spiro atoms. The van der Waals surface area contributed by atoms with Gasteiger partial charge in [0.2, 0.25) is 5.96 Å². The number of nitrogens with two attached hydrogens (primary N) is 1. The Morgan fingerprint density at radius 3 is 1.64 bits per heavy atom. The third-order valence-electron chi connectivity index (χ3n) is 4.00. The first-order valence-electron chi connectivity index (χ1n) is 11.9. The molecule has 15 heteroatoms. The number of esters is 1. The van der Waals surface area contributed by atoms with E-state index in [1.165, 1.54) is 11.9 Å². The van der Waals surface area contributed by atoms with Crippen molar-refractivity contribution in [2.24, 2.45) is 10.5 Å². The molecule has 0 atom stereocenters. The lowest BCUT2D eigenvalue weighted by Gasteiger charge is -2.20. The molecule has 0 radical (unpaired) electrons. The molecule has 0 aliphatic carbocycles. The quantitative estimate of drug-likeness (QED) is 0.0630. The molecule has 36 heavy (non-hydrogen) atoms. The predicted octanol–water partition coefficient (Wildman–Crippen LogP) is 3.23. The maximum absolute atomic E-state index is 13.1. The second-order valence-corrected chi connectivity index (χ2v) is 8.92. The van der Waals surface area contributed by atoms with Gasteiger partial charge in [0.25, 0.3) is 0 Å². The molecule has 2 N–H and O–H groups in total. The highest BCUT2D eigenvalue weighted by Crippen LogP contribution is 2.49. The summed E-state index contributed by atoms with van der Waals surface area (Å²) in [6.45, 7) is 4.83. The van der Waals surface area contributed by atoms with E-state index in [4.69, 9.17) is 38.5 Å². The van der Waals surface area contributed by atoms with E-state index in [0.29, 0.717) is 19.3 Å². The molecule has 14 nitrogen and oxygen atoms in total. The van der Waals surface area contributed by atoms with Gasteiger partial charge < -0.3 is 34.3 Å². The summed E-state index contributed by atoms with van der Waals surface area (Å²) in [5.74, 6) is -0.884. The van der Waals surface area contributed by atoms with Crippen LogP contribution in [0.1, 0.15) is 52.9 Å². The number of carbonyl (C=O) groups excluding carboxylic acids is 3. The van der Waals surface area contributed by atoms with Crippen LogP contribution < -0.4 is 5.73 Å².